The molecule has 1 aromatic heterocycles. The lowest BCUT2D eigenvalue weighted by Gasteiger charge is -2.34. The summed E-state index contributed by atoms with van der Waals surface area (Å²) in [6.07, 6.45) is 1.50. The van der Waals surface area contributed by atoms with Crippen molar-refractivity contribution in [2.45, 2.75) is 6.04 Å². The Morgan fingerprint density at radius 1 is 0.920 bits per heavy atom. The maximum Gasteiger partial charge on any atom is 0.253 e. The lowest BCUT2D eigenvalue weighted by molar-refractivity contribution is -0.135. The molecule has 0 saturated carbocycles. The number of nitrogens with zero attached hydrogens (tertiary/aromatic N) is 3. The second-order valence-electron chi connectivity index (χ2n) is 6.21. The highest BCUT2D eigenvalue weighted by Gasteiger charge is 2.34. The van der Waals surface area contributed by atoms with Crippen LogP contribution in [0.15, 0.2) is 59.5 Å². The zero-order chi connectivity index (χ0) is 17.8. The molecule has 1 fully saturated rings. The van der Waals surface area contributed by atoms with Gasteiger partial charge >= 0.3 is 0 Å². The number of carbonyl (C=O) groups is 2. The molecule has 6 nitrogen and oxygen atoms in total. The fourth-order valence-corrected chi connectivity index (χ4v) is 2.97. The van der Waals surface area contributed by atoms with E-state index in [0.29, 0.717) is 18.7 Å². The number of likely N-dealkylation sites (N-methyl/N-ethyl adjacent to an activating group) is 1. The number of amides is 1. The molecule has 2 heterocycles. The van der Waals surface area contributed by atoms with Crippen molar-refractivity contribution in [3.8, 4) is 0 Å². The predicted molar refractivity (Wildman–Crippen MR) is 94.6 cm³/mol. The van der Waals surface area contributed by atoms with Gasteiger partial charge in [-0.2, -0.15) is 0 Å². The number of hydrogen-bond acceptors (Lipinski definition) is 4. The number of ketones is 1. The molecule has 0 unspecified atom stereocenters. The second kappa shape index (κ2) is 7.44. The molecule has 0 spiro atoms. The lowest BCUT2D eigenvalue weighted by atomic mass is 10.0. The smallest absolute Gasteiger partial charge is 0.253 e. The zero-order valence-electron chi connectivity index (χ0n) is 14.2. The normalized spacial score (nSPS) is 16.4. The van der Waals surface area contributed by atoms with Gasteiger partial charge in [0.1, 0.15) is 0 Å². The van der Waals surface area contributed by atoms with Crippen LogP contribution in [-0.2, 0) is 4.79 Å². The average Bonchev–Trinajstić information content (AvgIpc) is 2.64. The molecule has 1 aliphatic heterocycles. The molecule has 0 aliphatic carbocycles. The standard InChI is InChI=1S/C19H21N3O3/c1-20-11-13-21(14-12-20)19(25)17(22-10-6-5-9-16(22)23)18(24)15-7-3-2-4-8-15/h2-10,17H,11-14H2,1H3/t17-/m0/s1. The van der Waals surface area contributed by atoms with Gasteiger partial charge in [0.25, 0.3) is 11.5 Å². The third-order valence-electron chi connectivity index (χ3n) is 4.48. The summed E-state index contributed by atoms with van der Waals surface area (Å²) >= 11 is 0. The van der Waals surface area contributed by atoms with Crippen LogP contribution in [0.5, 0.6) is 0 Å². The van der Waals surface area contributed by atoms with E-state index in [9.17, 15) is 14.4 Å². The summed E-state index contributed by atoms with van der Waals surface area (Å²) in [4.78, 5) is 42.2. The Morgan fingerprint density at radius 3 is 2.20 bits per heavy atom. The molecule has 1 saturated heterocycles. The van der Waals surface area contributed by atoms with E-state index in [1.54, 1.807) is 41.3 Å². The number of carbonyl (C=O) groups excluding carboxylic acids is 2. The topological polar surface area (TPSA) is 62.6 Å². The summed E-state index contributed by atoms with van der Waals surface area (Å²) < 4.78 is 1.23. The Balaban J connectivity index is 1.98. The van der Waals surface area contributed by atoms with Crippen LogP contribution in [-0.4, -0.2) is 59.3 Å². The van der Waals surface area contributed by atoms with Crippen LogP contribution in [0.1, 0.15) is 16.4 Å². The summed E-state index contributed by atoms with van der Waals surface area (Å²) in [5, 5.41) is 0. The molecule has 6 heteroatoms. The van der Waals surface area contributed by atoms with Crippen LogP contribution in [0.25, 0.3) is 0 Å². The van der Waals surface area contributed by atoms with Crippen molar-refractivity contribution < 1.29 is 9.59 Å². The molecule has 1 aromatic carbocycles. The van der Waals surface area contributed by atoms with Crippen molar-refractivity contribution in [1.82, 2.24) is 14.4 Å². The van der Waals surface area contributed by atoms with E-state index >= 15 is 0 Å². The first kappa shape index (κ1) is 17.1. The Morgan fingerprint density at radius 2 is 1.56 bits per heavy atom. The van der Waals surface area contributed by atoms with Crippen molar-refractivity contribution >= 4 is 11.7 Å². The second-order valence-corrected chi connectivity index (χ2v) is 6.21. The molecule has 130 valence electrons. The molecule has 1 atom stereocenters. The molecule has 1 aliphatic rings. The first-order valence-corrected chi connectivity index (χ1v) is 8.31. The number of benzene rings is 1. The summed E-state index contributed by atoms with van der Waals surface area (Å²) in [6.45, 7) is 2.61. The number of piperazine rings is 1. The van der Waals surface area contributed by atoms with E-state index in [1.807, 2.05) is 13.1 Å². The number of aromatic nitrogens is 1. The first-order valence-electron chi connectivity index (χ1n) is 8.31. The van der Waals surface area contributed by atoms with Gasteiger partial charge in [0.05, 0.1) is 0 Å². The van der Waals surface area contributed by atoms with Gasteiger partial charge in [0.15, 0.2) is 11.8 Å². The minimum absolute atomic E-state index is 0.324. The van der Waals surface area contributed by atoms with Crippen LogP contribution < -0.4 is 5.56 Å². The van der Waals surface area contributed by atoms with E-state index in [4.69, 9.17) is 0 Å². The minimum Gasteiger partial charge on any atom is -0.338 e. The van der Waals surface area contributed by atoms with E-state index in [2.05, 4.69) is 4.90 Å². The Labute approximate surface area is 146 Å². The highest BCUT2D eigenvalue weighted by atomic mass is 16.2. The molecular weight excluding hydrogens is 318 g/mol. The Bertz CT molecular complexity index is 808. The first-order chi connectivity index (χ1) is 12.1. The van der Waals surface area contributed by atoms with Crippen molar-refractivity contribution in [2.24, 2.45) is 0 Å². The van der Waals surface area contributed by atoms with Crippen molar-refractivity contribution in [3.05, 3.63) is 70.6 Å². The zero-order valence-corrected chi connectivity index (χ0v) is 14.2. The van der Waals surface area contributed by atoms with Crippen molar-refractivity contribution in [3.63, 3.8) is 0 Å². The van der Waals surface area contributed by atoms with Crippen molar-refractivity contribution in [2.75, 3.05) is 33.2 Å². The van der Waals surface area contributed by atoms with Gasteiger partial charge in [0, 0.05) is 44.0 Å². The molecule has 0 bridgehead atoms. The third-order valence-corrected chi connectivity index (χ3v) is 4.48. The molecule has 25 heavy (non-hydrogen) atoms. The molecule has 2 aromatic rings. The number of pyridine rings is 1. The third kappa shape index (κ3) is 3.69. The summed E-state index contributed by atoms with van der Waals surface area (Å²) in [7, 11) is 2.00. The van der Waals surface area contributed by atoms with Gasteiger partial charge in [-0.3, -0.25) is 19.0 Å². The van der Waals surface area contributed by atoms with Crippen LogP contribution in [0.4, 0.5) is 0 Å². The van der Waals surface area contributed by atoms with Gasteiger partial charge in [-0.05, 0) is 13.1 Å². The highest BCUT2D eigenvalue weighted by molar-refractivity contribution is 6.11. The van der Waals surface area contributed by atoms with E-state index in [0.717, 1.165) is 13.1 Å². The van der Waals surface area contributed by atoms with Gasteiger partial charge < -0.3 is 9.80 Å². The number of hydrogen-bond donors (Lipinski definition) is 0. The number of Topliss-reactive ketones (excluding diaryl/α,β-unsaturated/α-hetero) is 1. The Kier molecular flexibility index (Phi) is 5.09. The van der Waals surface area contributed by atoms with Crippen LogP contribution in [0, 0.1) is 0 Å². The maximum absolute atomic E-state index is 13.1. The van der Waals surface area contributed by atoms with Gasteiger partial charge in [-0.1, -0.05) is 36.4 Å². The summed E-state index contributed by atoms with van der Waals surface area (Å²) in [5.41, 5.74) is 0.0602. The van der Waals surface area contributed by atoms with Crippen LogP contribution in [0.2, 0.25) is 0 Å². The van der Waals surface area contributed by atoms with Crippen LogP contribution >= 0.6 is 0 Å². The SMILES string of the molecule is CN1CCN(C(=O)[C@H](C(=O)c2ccccc2)n2ccccc2=O)CC1. The molecule has 0 N–H and O–H groups in total. The van der Waals surface area contributed by atoms with Gasteiger partial charge in [-0.25, -0.2) is 0 Å². The van der Waals surface area contributed by atoms with E-state index < -0.39 is 6.04 Å². The van der Waals surface area contributed by atoms with Crippen molar-refractivity contribution in [1.29, 1.82) is 0 Å². The molecule has 1 amide bonds. The lowest BCUT2D eigenvalue weighted by Crippen LogP contribution is -2.51. The van der Waals surface area contributed by atoms with Gasteiger partial charge in [0.2, 0.25) is 0 Å². The number of rotatable bonds is 4. The summed E-state index contributed by atoms with van der Waals surface area (Å²) in [5.74, 6) is -0.687. The maximum atomic E-state index is 13.1. The van der Waals surface area contributed by atoms with E-state index in [-0.39, 0.29) is 17.2 Å². The fourth-order valence-electron chi connectivity index (χ4n) is 2.97. The molecular formula is C19H21N3O3. The summed E-state index contributed by atoms with van der Waals surface area (Å²) in [6, 6.07) is 12.1. The monoisotopic (exact) mass is 339 g/mol. The Hall–Kier alpha value is -2.73. The quantitative estimate of drug-likeness (QED) is 0.617. The van der Waals surface area contributed by atoms with Crippen LogP contribution in [0.3, 0.4) is 0 Å². The minimum atomic E-state index is -1.17. The predicted octanol–water partition coefficient (Wildman–Crippen LogP) is 1.05. The van der Waals surface area contributed by atoms with Gasteiger partial charge in [-0.15, -0.1) is 0 Å². The largest absolute Gasteiger partial charge is 0.338 e. The molecule has 3 rings (SSSR count). The van der Waals surface area contributed by atoms with E-state index in [1.165, 1.54) is 16.8 Å². The fraction of sp³-hybridized carbons (Fsp3) is 0.316. The molecule has 0 radical (unpaired) electrons. The average molecular weight is 339 g/mol. The highest BCUT2D eigenvalue weighted by Crippen LogP contribution is 2.17.